The molecule has 0 spiro atoms. The second-order valence-electron chi connectivity index (χ2n) is 4.83. The first kappa shape index (κ1) is 9.22. The number of nitrogens with two attached hydrogens (primary N) is 1. The molecule has 2 heteroatoms. The second-order valence-corrected chi connectivity index (χ2v) is 4.83. The minimum absolute atomic E-state index is 0.387. The van der Waals surface area contributed by atoms with E-state index in [9.17, 15) is 0 Å². The molecule has 15 heavy (non-hydrogen) atoms. The Kier molecular flexibility index (Phi) is 1.99. The molecule has 1 aromatic carbocycles. The number of hydrogen-bond acceptors (Lipinski definition) is 2. The van der Waals surface area contributed by atoms with Gasteiger partial charge in [-0.05, 0) is 37.3 Å². The molecule has 0 aliphatic carbocycles. The third-order valence-electron chi connectivity index (χ3n) is 3.92. The van der Waals surface area contributed by atoms with Gasteiger partial charge in [0, 0.05) is 24.3 Å². The molecule has 2 atom stereocenters. The van der Waals surface area contributed by atoms with E-state index < -0.39 is 0 Å². The summed E-state index contributed by atoms with van der Waals surface area (Å²) in [5.74, 6) is 0. The highest BCUT2D eigenvalue weighted by molar-refractivity contribution is 5.62. The number of anilines is 1. The summed E-state index contributed by atoms with van der Waals surface area (Å²) >= 11 is 0. The molecule has 3 rings (SSSR count). The summed E-state index contributed by atoms with van der Waals surface area (Å²) in [5, 5.41) is 0. The van der Waals surface area contributed by atoms with E-state index in [1.54, 1.807) is 0 Å². The van der Waals surface area contributed by atoms with Crippen LogP contribution in [0.25, 0.3) is 0 Å². The lowest BCUT2D eigenvalue weighted by Gasteiger charge is -2.36. The van der Waals surface area contributed by atoms with Crippen molar-refractivity contribution in [3.63, 3.8) is 0 Å². The molecule has 2 heterocycles. The fourth-order valence-electron chi connectivity index (χ4n) is 3.16. The maximum Gasteiger partial charge on any atom is 0.0445 e. The summed E-state index contributed by atoms with van der Waals surface area (Å²) in [7, 11) is 0. The molecule has 0 amide bonds. The first-order valence-electron chi connectivity index (χ1n) is 5.88. The van der Waals surface area contributed by atoms with E-state index in [0.29, 0.717) is 12.1 Å². The Morgan fingerprint density at radius 3 is 3.07 bits per heavy atom. The Labute approximate surface area is 91.1 Å². The molecule has 2 aliphatic rings. The van der Waals surface area contributed by atoms with Gasteiger partial charge in [-0.3, -0.25) is 0 Å². The van der Waals surface area contributed by atoms with Gasteiger partial charge in [0.15, 0.2) is 0 Å². The van der Waals surface area contributed by atoms with Crippen molar-refractivity contribution in [2.24, 2.45) is 5.73 Å². The number of para-hydroxylation sites is 1. The number of aryl methyl sites for hydroxylation is 2. The van der Waals surface area contributed by atoms with Crippen LogP contribution in [0.2, 0.25) is 0 Å². The van der Waals surface area contributed by atoms with Gasteiger partial charge in [-0.2, -0.15) is 0 Å². The molecule has 0 bridgehead atoms. The van der Waals surface area contributed by atoms with Crippen LogP contribution in [0.1, 0.15) is 24.0 Å². The van der Waals surface area contributed by atoms with Crippen LogP contribution in [0.3, 0.4) is 0 Å². The lowest BCUT2D eigenvalue weighted by Crippen LogP contribution is -2.42. The zero-order valence-corrected chi connectivity index (χ0v) is 9.24. The zero-order valence-electron chi connectivity index (χ0n) is 9.24. The molecule has 2 nitrogen and oxygen atoms in total. The van der Waals surface area contributed by atoms with Gasteiger partial charge >= 0.3 is 0 Å². The minimum Gasteiger partial charge on any atom is -0.366 e. The van der Waals surface area contributed by atoms with Crippen LogP contribution < -0.4 is 10.6 Å². The average Bonchev–Trinajstić information content (AvgIpc) is 2.61. The van der Waals surface area contributed by atoms with Gasteiger partial charge in [0.1, 0.15) is 0 Å². The van der Waals surface area contributed by atoms with Crippen LogP contribution >= 0.6 is 0 Å². The Morgan fingerprint density at radius 2 is 2.20 bits per heavy atom. The lowest BCUT2D eigenvalue weighted by molar-refractivity contribution is 0.526. The smallest absolute Gasteiger partial charge is 0.0445 e. The molecule has 0 aromatic heterocycles. The van der Waals surface area contributed by atoms with Crippen molar-refractivity contribution in [1.82, 2.24) is 0 Å². The van der Waals surface area contributed by atoms with Crippen LogP contribution in [0.5, 0.6) is 0 Å². The number of nitrogens with zero attached hydrogens (tertiary/aromatic N) is 1. The Morgan fingerprint density at radius 1 is 1.33 bits per heavy atom. The highest BCUT2D eigenvalue weighted by Gasteiger charge is 2.35. The highest BCUT2D eigenvalue weighted by Crippen LogP contribution is 2.37. The molecular formula is C13H18N2. The van der Waals surface area contributed by atoms with E-state index in [1.165, 1.54) is 29.7 Å². The summed E-state index contributed by atoms with van der Waals surface area (Å²) in [6.07, 6.45) is 3.59. The maximum atomic E-state index is 6.15. The number of rotatable bonds is 0. The normalized spacial score (nSPS) is 28.8. The first-order chi connectivity index (χ1) is 7.27. The molecule has 2 N–H and O–H groups in total. The standard InChI is InChI=1S/C13H18N2/c1-9-3-2-4-10-5-6-12-11(14)7-8-15(12)13(9)10/h2-4,11-12H,5-8,14H2,1H3. The predicted octanol–water partition coefficient (Wildman–Crippen LogP) is 1.85. The molecular weight excluding hydrogens is 184 g/mol. The van der Waals surface area contributed by atoms with Gasteiger partial charge in [-0.1, -0.05) is 18.2 Å². The van der Waals surface area contributed by atoms with Crippen molar-refractivity contribution in [3.05, 3.63) is 29.3 Å². The Balaban J connectivity index is 2.08. The SMILES string of the molecule is Cc1cccc2c1N1CCC(N)C1CC2. The molecule has 0 radical (unpaired) electrons. The van der Waals surface area contributed by atoms with E-state index in [4.69, 9.17) is 5.73 Å². The topological polar surface area (TPSA) is 29.3 Å². The third-order valence-corrected chi connectivity index (χ3v) is 3.92. The lowest BCUT2D eigenvalue weighted by atomic mass is 9.93. The fraction of sp³-hybridized carbons (Fsp3) is 0.538. The maximum absolute atomic E-state index is 6.15. The van der Waals surface area contributed by atoms with Crippen LogP contribution in [0.4, 0.5) is 5.69 Å². The van der Waals surface area contributed by atoms with Crippen LogP contribution in [-0.4, -0.2) is 18.6 Å². The van der Waals surface area contributed by atoms with E-state index in [-0.39, 0.29) is 0 Å². The van der Waals surface area contributed by atoms with Crippen molar-refractivity contribution in [3.8, 4) is 0 Å². The third kappa shape index (κ3) is 1.28. The van der Waals surface area contributed by atoms with Crippen molar-refractivity contribution in [1.29, 1.82) is 0 Å². The fourth-order valence-corrected chi connectivity index (χ4v) is 3.16. The van der Waals surface area contributed by atoms with E-state index in [0.717, 1.165) is 13.0 Å². The summed E-state index contributed by atoms with van der Waals surface area (Å²) in [4.78, 5) is 2.54. The van der Waals surface area contributed by atoms with Crippen molar-refractivity contribution >= 4 is 5.69 Å². The molecule has 1 fully saturated rings. The molecule has 80 valence electrons. The van der Waals surface area contributed by atoms with Gasteiger partial charge in [0.05, 0.1) is 0 Å². The number of benzene rings is 1. The van der Waals surface area contributed by atoms with E-state index >= 15 is 0 Å². The minimum atomic E-state index is 0.387. The Hall–Kier alpha value is -1.02. The van der Waals surface area contributed by atoms with Crippen molar-refractivity contribution in [2.75, 3.05) is 11.4 Å². The van der Waals surface area contributed by atoms with Gasteiger partial charge in [-0.15, -0.1) is 0 Å². The van der Waals surface area contributed by atoms with Gasteiger partial charge < -0.3 is 10.6 Å². The largest absolute Gasteiger partial charge is 0.366 e. The van der Waals surface area contributed by atoms with Gasteiger partial charge in [0.2, 0.25) is 0 Å². The average molecular weight is 202 g/mol. The Bertz CT molecular complexity index is 386. The highest BCUT2D eigenvalue weighted by atomic mass is 15.2. The van der Waals surface area contributed by atoms with E-state index in [2.05, 4.69) is 30.0 Å². The summed E-state index contributed by atoms with van der Waals surface area (Å²) in [6.45, 7) is 3.36. The molecule has 2 unspecified atom stereocenters. The van der Waals surface area contributed by atoms with Crippen molar-refractivity contribution in [2.45, 2.75) is 38.3 Å². The first-order valence-corrected chi connectivity index (χ1v) is 5.88. The molecule has 1 aromatic rings. The second kappa shape index (κ2) is 3.24. The monoisotopic (exact) mass is 202 g/mol. The number of hydrogen-bond donors (Lipinski definition) is 1. The summed E-state index contributed by atoms with van der Waals surface area (Å²) in [5.41, 5.74) is 10.6. The van der Waals surface area contributed by atoms with Crippen LogP contribution in [0.15, 0.2) is 18.2 Å². The summed E-state index contributed by atoms with van der Waals surface area (Å²) in [6, 6.07) is 7.63. The zero-order chi connectivity index (χ0) is 10.4. The quantitative estimate of drug-likeness (QED) is 0.695. The van der Waals surface area contributed by atoms with Gasteiger partial charge in [0.25, 0.3) is 0 Å². The molecule has 0 saturated carbocycles. The van der Waals surface area contributed by atoms with Crippen molar-refractivity contribution < 1.29 is 0 Å². The van der Waals surface area contributed by atoms with Gasteiger partial charge in [-0.25, -0.2) is 0 Å². The van der Waals surface area contributed by atoms with E-state index in [1.807, 2.05) is 0 Å². The number of fused-ring (bicyclic) bond motifs is 3. The molecule has 2 aliphatic heterocycles. The van der Waals surface area contributed by atoms with Crippen LogP contribution in [-0.2, 0) is 6.42 Å². The summed E-state index contributed by atoms with van der Waals surface area (Å²) < 4.78 is 0. The molecule has 1 saturated heterocycles. The predicted molar refractivity (Wildman–Crippen MR) is 63.2 cm³/mol. The van der Waals surface area contributed by atoms with Crippen LogP contribution in [0, 0.1) is 6.92 Å².